The fourth-order valence-electron chi connectivity index (χ4n) is 1.72. The van der Waals surface area contributed by atoms with Crippen LogP contribution in [0.2, 0.25) is 0 Å². The van der Waals surface area contributed by atoms with Gasteiger partial charge in [-0.15, -0.1) is 0 Å². The maximum atomic E-state index is 3.48. The van der Waals surface area contributed by atoms with Crippen LogP contribution in [0.25, 0.3) is 0 Å². The average molecular weight is 169 g/mol. The van der Waals surface area contributed by atoms with Gasteiger partial charge in [-0.05, 0) is 50.6 Å². The fraction of sp³-hybridized carbons (Fsp3) is 1.00. The number of hydrogen-bond acceptors (Lipinski definition) is 1. The van der Waals surface area contributed by atoms with Crippen LogP contribution in [-0.2, 0) is 0 Å². The van der Waals surface area contributed by atoms with Gasteiger partial charge in [-0.3, -0.25) is 0 Å². The molecule has 1 N–H and O–H groups in total. The van der Waals surface area contributed by atoms with Crippen LogP contribution in [0.1, 0.15) is 46.0 Å². The van der Waals surface area contributed by atoms with E-state index in [9.17, 15) is 0 Å². The Kier molecular flexibility index (Phi) is 4.67. The summed E-state index contributed by atoms with van der Waals surface area (Å²) < 4.78 is 0. The summed E-state index contributed by atoms with van der Waals surface area (Å²) in [6.07, 6.45) is 6.99. The van der Waals surface area contributed by atoms with Crippen molar-refractivity contribution in [1.29, 1.82) is 0 Å². The SMILES string of the molecule is CCCCNCCCC1CC1C. The highest BCUT2D eigenvalue weighted by Gasteiger charge is 2.31. The van der Waals surface area contributed by atoms with Gasteiger partial charge in [0.1, 0.15) is 0 Å². The summed E-state index contributed by atoms with van der Waals surface area (Å²) >= 11 is 0. The number of rotatable bonds is 7. The third-order valence-corrected chi connectivity index (χ3v) is 2.91. The molecule has 0 saturated heterocycles. The van der Waals surface area contributed by atoms with E-state index in [4.69, 9.17) is 0 Å². The topological polar surface area (TPSA) is 12.0 Å². The second kappa shape index (κ2) is 5.58. The molecule has 2 atom stereocenters. The van der Waals surface area contributed by atoms with E-state index in [1.807, 2.05) is 0 Å². The molecule has 0 bridgehead atoms. The van der Waals surface area contributed by atoms with Crippen LogP contribution in [0.4, 0.5) is 0 Å². The highest BCUT2D eigenvalue weighted by molar-refractivity contribution is 4.81. The van der Waals surface area contributed by atoms with E-state index in [1.54, 1.807) is 0 Å². The first kappa shape index (κ1) is 10.0. The van der Waals surface area contributed by atoms with Gasteiger partial charge in [-0.25, -0.2) is 0 Å². The van der Waals surface area contributed by atoms with Gasteiger partial charge in [0.05, 0.1) is 0 Å². The minimum Gasteiger partial charge on any atom is -0.317 e. The van der Waals surface area contributed by atoms with E-state index < -0.39 is 0 Å². The van der Waals surface area contributed by atoms with Crippen LogP contribution < -0.4 is 5.32 Å². The molecule has 1 aliphatic rings. The quantitative estimate of drug-likeness (QED) is 0.578. The van der Waals surface area contributed by atoms with E-state index >= 15 is 0 Å². The van der Waals surface area contributed by atoms with Gasteiger partial charge in [0.25, 0.3) is 0 Å². The third-order valence-electron chi connectivity index (χ3n) is 2.91. The Morgan fingerprint density at radius 3 is 2.50 bits per heavy atom. The zero-order valence-corrected chi connectivity index (χ0v) is 8.60. The van der Waals surface area contributed by atoms with Crippen LogP contribution in [-0.4, -0.2) is 13.1 Å². The zero-order chi connectivity index (χ0) is 8.81. The summed E-state index contributed by atoms with van der Waals surface area (Å²) in [5.74, 6) is 2.12. The van der Waals surface area contributed by atoms with Crippen molar-refractivity contribution in [1.82, 2.24) is 5.32 Å². The van der Waals surface area contributed by atoms with Gasteiger partial charge in [0, 0.05) is 0 Å². The maximum Gasteiger partial charge on any atom is -0.00488 e. The predicted molar refractivity (Wildman–Crippen MR) is 54.3 cm³/mol. The van der Waals surface area contributed by atoms with Crippen molar-refractivity contribution in [2.24, 2.45) is 11.8 Å². The Hall–Kier alpha value is -0.0400. The van der Waals surface area contributed by atoms with Crippen molar-refractivity contribution < 1.29 is 0 Å². The van der Waals surface area contributed by atoms with Crippen molar-refractivity contribution in [3.05, 3.63) is 0 Å². The van der Waals surface area contributed by atoms with E-state index in [0.717, 1.165) is 11.8 Å². The second-order valence-electron chi connectivity index (χ2n) is 4.22. The first-order chi connectivity index (χ1) is 5.84. The largest absolute Gasteiger partial charge is 0.317 e. The lowest BCUT2D eigenvalue weighted by Crippen LogP contribution is -2.16. The average Bonchev–Trinajstić information content (AvgIpc) is 2.74. The normalized spacial score (nSPS) is 27.5. The van der Waals surface area contributed by atoms with E-state index in [1.165, 1.54) is 45.2 Å². The zero-order valence-electron chi connectivity index (χ0n) is 8.60. The van der Waals surface area contributed by atoms with Crippen LogP contribution >= 0.6 is 0 Å². The number of hydrogen-bond donors (Lipinski definition) is 1. The lowest BCUT2D eigenvalue weighted by molar-refractivity contribution is 0.565. The molecule has 0 amide bonds. The van der Waals surface area contributed by atoms with Gasteiger partial charge in [0.15, 0.2) is 0 Å². The first-order valence-electron chi connectivity index (χ1n) is 5.55. The van der Waals surface area contributed by atoms with Crippen LogP contribution in [0.5, 0.6) is 0 Å². The Morgan fingerprint density at radius 2 is 1.92 bits per heavy atom. The summed E-state index contributed by atoms with van der Waals surface area (Å²) in [7, 11) is 0. The molecule has 1 fully saturated rings. The molecule has 2 unspecified atom stereocenters. The Morgan fingerprint density at radius 1 is 1.25 bits per heavy atom. The Bertz CT molecular complexity index is 112. The summed E-state index contributed by atoms with van der Waals surface area (Å²) in [6.45, 7) is 7.07. The molecule has 0 spiro atoms. The first-order valence-corrected chi connectivity index (χ1v) is 5.55. The number of nitrogens with one attached hydrogen (secondary N) is 1. The van der Waals surface area contributed by atoms with Crippen LogP contribution in [0.3, 0.4) is 0 Å². The lowest BCUT2D eigenvalue weighted by Gasteiger charge is -2.02. The molecule has 12 heavy (non-hydrogen) atoms. The summed E-state index contributed by atoms with van der Waals surface area (Å²) in [5, 5.41) is 3.48. The smallest absolute Gasteiger partial charge is 0.00488 e. The molecular formula is C11H23N. The molecule has 0 aromatic rings. The molecule has 0 radical (unpaired) electrons. The molecule has 1 nitrogen and oxygen atoms in total. The van der Waals surface area contributed by atoms with Crippen molar-refractivity contribution in [3.63, 3.8) is 0 Å². The molecule has 0 aromatic carbocycles. The van der Waals surface area contributed by atoms with Gasteiger partial charge >= 0.3 is 0 Å². The van der Waals surface area contributed by atoms with E-state index in [2.05, 4.69) is 19.2 Å². The molecule has 1 heteroatoms. The summed E-state index contributed by atoms with van der Waals surface area (Å²) in [6, 6.07) is 0. The number of unbranched alkanes of at least 4 members (excludes halogenated alkanes) is 1. The standard InChI is InChI=1S/C11H23N/c1-3-4-7-12-8-5-6-11-9-10(11)2/h10-12H,3-9H2,1-2H3. The Balaban J connectivity index is 1.72. The van der Waals surface area contributed by atoms with E-state index in [-0.39, 0.29) is 0 Å². The molecule has 1 saturated carbocycles. The van der Waals surface area contributed by atoms with Gasteiger partial charge in [-0.2, -0.15) is 0 Å². The summed E-state index contributed by atoms with van der Waals surface area (Å²) in [4.78, 5) is 0. The molecular weight excluding hydrogens is 146 g/mol. The minimum absolute atomic E-state index is 1.04. The summed E-state index contributed by atoms with van der Waals surface area (Å²) in [5.41, 5.74) is 0. The maximum absolute atomic E-state index is 3.48. The van der Waals surface area contributed by atoms with Crippen molar-refractivity contribution >= 4 is 0 Å². The van der Waals surface area contributed by atoms with Crippen molar-refractivity contribution in [2.45, 2.75) is 46.0 Å². The predicted octanol–water partition coefficient (Wildman–Crippen LogP) is 2.81. The monoisotopic (exact) mass is 169 g/mol. The van der Waals surface area contributed by atoms with Crippen molar-refractivity contribution in [2.75, 3.05) is 13.1 Å². The molecule has 0 aromatic heterocycles. The molecule has 72 valence electrons. The highest BCUT2D eigenvalue weighted by atomic mass is 14.8. The van der Waals surface area contributed by atoms with Crippen LogP contribution in [0, 0.1) is 11.8 Å². The second-order valence-corrected chi connectivity index (χ2v) is 4.22. The third kappa shape index (κ3) is 4.10. The molecule has 0 heterocycles. The van der Waals surface area contributed by atoms with E-state index in [0.29, 0.717) is 0 Å². The van der Waals surface area contributed by atoms with Crippen molar-refractivity contribution in [3.8, 4) is 0 Å². The Labute approximate surface area is 76.9 Å². The van der Waals surface area contributed by atoms with Gasteiger partial charge in [0.2, 0.25) is 0 Å². The van der Waals surface area contributed by atoms with Crippen LogP contribution in [0.15, 0.2) is 0 Å². The molecule has 1 aliphatic carbocycles. The molecule has 1 rings (SSSR count). The van der Waals surface area contributed by atoms with Gasteiger partial charge < -0.3 is 5.32 Å². The fourth-order valence-corrected chi connectivity index (χ4v) is 1.72. The van der Waals surface area contributed by atoms with Gasteiger partial charge in [-0.1, -0.05) is 20.3 Å². The highest BCUT2D eigenvalue weighted by Crippen LogP contribution is 2.40. The lowest BCUT2D eigenvalue weighted by atomic mass is 10.2. The molecule has 0 aliphatic heterocycles. The minimum atomic E-state index is 1.04.